The van der Waals surface area contributed by atoms with Gasteiger partial charge in [-0.3, -0.25) is 4.90 Å². The topological polar surface area (TPSA) is 70.8 Å². The van der Waals surface area contributed by atoms with E-state index >= 15 is 0 Å². The van der Waals surface area contributed by atoms with Crippen LogP contribution in [0, 0.1) is 12.8 Å². The van der Waals surface area contributed by atoms with Crippen LogP contribution >= 0.6 is 0 Å². The molecule has 1 aromatic rings. The number of carbonyl (C=O) groups excluding carboxylic acids is 1. The molecule has 0 aliphatic carbocycles. The summed E-state index contributed by atoms with van der Waals surface area (Å²) >= 11 is 0. The number of ether oxygens (including phenoxy) is 1. The van der Waals surface area contributed by atoms with E-state index in [0.29, 0.717) is 5.92 Å². The quantitative estimate of drug-likeness (QED) is 0.898. The van der Waals surface area contributed by atoms with Crippen LogP contribution < -0.4 is 5.32 Å². The number of urea groups is 1. The largest absolute Gasteiger partial charge is 0.372 e. The minimum absolute atomic E-state index is 0.0221. The first-order valence-corrected chi connectivity index (χ1v) is 9.43. The molecule has 25 heavy (non-hydrogen) atoms. The van der Waals surface area contributed by atoms with Gasteiger partial charge in [-0.1, -0.05) is 5.16 Å². The van der Waals surface area contributed by atoms with E-state index < -0.39 is 0 Å². The van der Waals surface area contributed by atoms with Crippen LogP contribution in [0.4, 0.5) is 4.79 Å². The summed E-state index contributed by atoms with van der Waals surface area (Å²) in [5.41, 5.74) is 1.01. The lowest BCUT2D eigenvalue weighted by Gasteiger charge is -2.52. The van der Waals surface area contributed by atoms with E-state index in [9.17, 15) is 4.79 Å². The average Bonchev–Trinajstić information content (AvgIpc) is 3.24. The van der Waals surface area contributed by atoms with Gasteiger partial charge in [0.1, 0.15) is 5.76 Å². The first-order chi connectivity index (χ1) is 12.1. The van der Waals surface area contributed by atoms with E-state index in [1.54, 1.807) is 0 Å². The maximum atomic E-state index is 12.1. The van der Waals surface area contributed by atoms with E-state index in [2.05, 4.69) is 15.4 Å². The molecular weight excluding hydrogens is 320 g/mol. The first kappa shape index (κ1) is 16.8. The van der Waals surface area contributed by atoms with Gasteiger partial charge in [0.05, 0.1) is 17.9 Å². The van der Waals surface area contributed by atoms with Crippen LogP contribution in [0.3, 0.4) is 0 Å². The summed E-state index contributed by atoms with van der Waals surface area (Å²) in [5, 5.41) is 7.13. The molecule has 1 N–H and O–H groups in total. The van der Waals surface area contributed by atoms with Crippen molar-refractivity contribution < 1.29 is 14.1 Å². The Morgan fingerprint density at radius 3 is 2.84 bits per heavy atom. The molecule has 3 saturated heterocycles. The molecule has 7 heteroatoms. The van der Waals surface area contributed by atoms with Crippen molar-refractivity contribution in [3.63, 3.8) is 0 Å². The molecule has 0 radical (unpaired) electrons. The highest BCUT2D eigenvalue weighted by molar-refractivity contribution is 5.74. The Labute approximate surface area is 148 Å². The summed E-state index contributed by atoms with van der Waals surface area (Å²) < 4.78 is 11.3. The zero-order valence-electron chi connectivity index (χ0n) is 15.0. The van der Waals surface area contributed by atoms with Gasteiger partial charge < -0.3 is 19.5 Å². The lowest BCUT2D eigenvalue weighted by atomic mass is 9.83. The van der Waals surface area contributed by atoms with Gasteiger partial charge >= 0.3 is 6.03 Å². The standard InChI is InChI=1S/C18H28N4O3/c1-14-8-16(20-25-14)10-21-12-18(13-21)5-4-15(11-24-18)9-19-17(23)22-6-2-3-7-22/h8,15H,2-7,9-13H2,1H3,(H,19,23)/t15-/m0/s1. The van der Waals surface area contributed by atoms with Crippen LogP contribution in [0.1, 0.15) is 37.1 Å². The predicted molar refractivity (Wildman–Crippen MR) is 92.1 cm³/mol. The van der Waals surface area contributed by atoms with E-state index in [1.807, 2.05) is 17.9 Å². The van der Waals surface area contributed by atoms with Crippen molar-refractivity contribution in [2.45, 2.75) is 44.8 Å². The van der Waals surface area contributed by atoms with Crippen LogP contribution in [-0.2, 0) is 11.3 Å². The Balaban J connectivity index is 1.16. The fourth-order valence-corrected chi connectivity index (χ4v) is 4.19. The van der Waals surface area contributed by atoms with Crippen molar-refractivity contribution in [3.8, 4) is 0 Å². The molecule has 0 unspecified atom stereocenters. The zero-order chi connectivity index (χ0) is 17.3. The Morgan fingerprint density at radius 1 is 1.40 bits per heavy atom. The summed E-state index contributed by atoms with van der Waals surface area (Å²) in [7, 11) is 0. The predicted octanol–water partition coefficient (Wildman–Crippen LogP) is 1.77. The van der Waals surface area contributed by atoms with Gasteiger partial charge in [0, 0.05) is 45.3 Å². The van der Waals surface area contributed by atoms with Crippen molar-refractivity contribution in [2.24, 2.45) is 5.92 Å². The summed E-state index contributed by atoms with van der Waals surface area (Å²) in [5.74, 6) is 1.29. The summed E-state index contributed by atoms with van der Waals surface area (Å²) in [6.07, 6.45) is 4.46. The van der Waals surface area contributed by atoms with Crippen molar-refractivity contribution in [2.75, 3.05) is 39.3 Å². The fraction of sp³-hybridized carbons (Fsp3) is 0.778. The molecule has 3 aliphatic heterocycles. The SMILES string of the molecule is Cc1cc(CN2CC3(CC[C@@H](CNC(=O)N4CCCC4)CO3)C2)no1. The van der Waals surface area contributed by atoms with Gasteiger partial charge in [0.25, 0.3) is 0 Å². The Hall–Kier alpha value is -1.60. The van der Waals surface area contributed by atoms with Gasteiger partial charge in [0.15, 0.2) is 0 Å². The van der Waals surface area contributed by atoms with E-state index in [4.69, 9.17) is 9.26 Å². The van der Waals surface area contributed by atoms with E-state index in [-0.39, 0.29) is 11.6 Å². The minimum Gasteiger partial charge on any atom is -0.372 e. The number of nitrogens with one attached hydrogen (secondary N) is 1. The molecule has 2 amide bonds. The maximum Gasteiger partial charge on any atom is 0.317 e. The summed E-state index contributed by atoms with van der Waals surface area (Å²) in [4.78, 5) is 16.3. The number of aryl methyl sites for hydroxylation is 1. The highest BCUT2D eigenvalue weighted by Gasteiger charge is 2.46. The summed E-state index contributed by atoms with van der Waals surface area (Å²) in [6, 6.07) is 2.08. The average molecular weight is 348 g/mol. The third kappa shape index (κ3) is 3.82. The molecule has 3 fully saturated rings. The molecule has 138 valence electrons. The van der Waals surface area contributed by atoms with Crippen molar-refractivity contribution in [1.29, 1.82) is 0 Å². The molecule has 1 spiro atoms. The fourth-order valence-electron chi connectivity index (χ4n) is 4.19. The number of rotatable bonds is 4. The zero-order valence-corrected chi connectivity index (χ0v) is 15.0. The number of carbonyl (C=O) groups is 1. The molecule has 4 heterocycles. The third-order valence-corrected chi connectivity index (χ3v) is 5.65. The highest BCUT2D eigenvalue weighted by atomic mass is 16.5. The van der Waals surface area contributed by atoms with Gasteiger partial charge in [-0.05, 0) is 38.5 Å². The van der Waals surface area contributed by atoms with Crippen LogP contribution in [0.5, 0.6) is 0 Å². The number of hydrogen-bond donors (Lipinski definition) is 1. The van der Waals surface area contributed by atoms with Crippen LogP contribution in [0.25, 0.3) is 0 Å². The Kier molecular flexibility index (Phi) is 4.69. The second-order valence-corrected chi connectivity index (χ2v) is 7.85. The number of hydrogen-bond acceptors (Lipinski definition) is 5. The third-order valence-electron chi connectivity index (χ3n) is 5.65. The lowest BCUT2D eigenvalue weighted by molar-refractivity contribution is -0.181. The van der Waals surface area contributed by atoms with Crippen molar-refractivity contribution in [1.82, 2.24) is 20.3 Å². The van der Waals surface area contributed by atoms with Crippen LogP contribution in [0.2, 0.25) is 0 Å². The molecule has 3 aliphatic rings. The molecule has 7 nitrogen and oxygen atoms in total. The van der Waals surface area contributed by atoms with Crippen LogP contribution in [0.15, 0.2) is 10.6 Å². The molecular formula is C18H28N4O3. The minimum atomic E-state index is 0.0221. The molecule has 4 rings (SSSR count). The van der Waals surface area contributed by atoms with Gasteiger partial charge in [-0.15, -0.1) is 0 Å². The second-order valence-electron chi connectivity index (χ2n) is 7.85. The lowest BCUT2D eigenvalue weighted by Crippen LogP contribution is -2.64. The molecule has 1 atom stereocenters. The molecule has 1 aromatic heterocycles. The maximum absolute atomic E-state index is 12.1. The summed E-state index contributed by atoms with van der Waals surface area (Å²) in [6.45, 7) is 7.95. The van der Waals surface area contributed by atoms with Gasteiger partial charge in [-0.25, -0.2) is 4.79 Å². The smallest absolute Gasteiger partial charge is 0.317 e. The molecule has 0 aromatic carbocycles. The Morgan fingerprint density at radius 2 is 2.20 bits per heavy atom. The number of likely N-dealkylation sites (tertiary alicyclic amines) is 2. The number of nitrogens with zero attached hydrogens (tertiary/aromatic N) is 3. The van der Waals surface area contributed by atoms with E-state index in [0.717, 1.165) is 83.0 Å². The highest BCUT2D eigenvalue weighted by Crippen LogP contribution is 2.36. The van der Waals surface area contributed by atoms with Gasteiger partial charge in [0.2, 0.25) is 0 Å². The van der Waals surface area contributed by atoms with Crippen molar-refractivity contribution >= 4 is 6.03 Å². The molecule has 0 bridgehead atoms. The molecule has 0 saturated carbocycles. The first-order valence-electron chi connectivity index (χ1n) is 9.43. The monoisotopic (exact) mass is 348 g/mol. The van der Waals surface area contributed by atoms with Crippen LogP contribution in [-0.4, -0.2) is 65.9 Å². The Bertz CT molecular complexity index is 595. The second kappa shape index (κ2) is 6.96. The number of amides is 2. The van der Waals surface area contributed by atoms with E-state index in [1.165, 1.54) is 0 Å². The van der Waals surface area contributed by atoms with Crippen molar-refractivity contribution in [3.05, 3.63) is 17.5 Å². The van der Waals surface area contributed by atoms with Gasteiger partial charge in [-0.2, -0.15) is 0 Å². The normalized spacial score (nSPS) is 26.0. The number of aromatic nitrogens is 1.